The maximum Gasteiger partial charge on any atom is 0.315 e. The highest BCUT2D eigenvalue weighted by Crippen LogP contribution is 2.30. The number of halogens is 1. The number of hydrogen-bond donors (Lipinski definition) is 2. The molecule has 0 saturated heterocycles. The fourth-order valence-corrected chi connectivity index (χ4v) is 3.61. The smallest absolute Gasteiger partial charge is 0.315 e. The van der Waals surface area contributed by atoms with Crippen molar-refractivity contribution in [2.75, 3.05) is 13.1 Å². The molecular weight excluding hydrogens is 440 g/mol. The first-order chi connectivity index (χ1) is 14.0. The molecule has 3 rings (SSSR count). The van der Waals surface area contributed by atoms with Crippen molar-refractivity contribution in [1.82, 2.24) is 20.8 Å². The number of carbonyl (C=O) groups excluding carboxylic acids is 2. The molecule has 0 radical (unpaired) electrons. The highest BCUT2D eigenvalue weighted by atomic mass is 79.9. The van der Waals surface area contributed by atoms with Crippen LogP contribution in [0.5, 0.6) is 5.75 Å². The second-order valence-corrected chi connectivity index (χ2v) is 7.97. The van der Waals surface area contributed by atoms with Crippen LogP contribution in [0.1, 0.15) is 61.5 Å². The molecule has 9 heteroatoms. The molecule has 0 unspecified atom stereocenters. The Morgan fingerprint density at radius 1 is 1.24 bits per heavy atom. The van der Waals surface area contributed by atoms with Gasteiger partial charge in [-0.15, -0.1) is 0 Å². The zero-order valence-corrected chi connectivity index (χ0v) is 17.9. The largest absolute Gasteiger partial charge is 0.481 e. The number of ether oxygens (including phenoxy) is 1. The lowest BCUT2D eigenvalue weighted by atomic mass is 9.89. The lowest BCUT2D eigenvalue weighted by Gasteiger charge is -2.17. The second-order valence-electron chi connectivity index (χ2n) is 7.06. The average Bonchev–Trinajstić information content (AvgIpc) is 3.22. The number of carbonyl (C=O) groups is 2. The molecule has 1 aliphatic rings. The van der Waals surface area contributed by atoms with Crippen molar-refractivity contribution in [2.45, 2.75) is 51.0 Å². The molecule has 1 aliphatic carbocycles. The summed E-state index contributed by atoms with van der Waals surface area (Å²) in [7, 11) is 0. The van der Waals surface area contributed by atoms with Crippen LogP contribution in [0.3, 0.4) is 0 Å². The van der Waals surface area contributed by atoms with E-state index in [9.17, 15) is 9.59 Å². The molecule has 1 aromatic heterocycles. The van der Waals surface area contributed by atoms with Crippen molar-refractivity contribution in [3.63, 3.8) is 0 Å². The van der Waals surface area contributed by atoms with E-state index in [1.54, 1.807) is 19.1 Å². The van der Waals surface area contributed by atoms with Gasteiger partial charge in [0.2, 0.25) is 0 Å². The van der Waals surface area contributed by atoms with Crippen LogP contribution in [0, 0.1) is 0 Å². The van der Waals surface area contributed by atoms with E-state index in [1.807, 2.05) is 12.1 Å². The summed E-state index contributed by atoms with van der Waals surface area (Å²) >= 11 is 3.36. The van der Waals surface area contributed by atoms with Crippen LogP contribution in [-0.4, -0.2) is 41.1 Å². The van der Waals surface area contributed by atoms with Crippen LogP contribution in [0.15, 0.2) is 33.3 Å². The predicted octanol–water partition coefficient (Wildman–Crippen LogP) is 3.19. The summed E-state index contributed by atoms with van der Waals surface area (Å²) in [6, 6.07) is 7.27. The number of amides is 2. The molecule has 1 heterocycles. The van der Waals surface area contributed by atoms with E-state index >= 15 is 0 Å². The number of rotatable bonds is 8. The van der Waals surface area contributed by atoms with Crippen molar-refractivity contribution in [3.05, 3.63) is 40.5 Å². The number of nitrogens with zero attached hydrogens (tertiary/aromatic N) is 2. The molecule has 2 N–H and O–H groups in total. The fraction of sp³-hybridized carbons (Fsp3) is 0.500. The van der Waals surface area contributed by atoms with E-state index in [4.69, 9.17) is 9.26 Å². The van der Waals surface area contributed by atoms with Crippen LogP contribution in [0.4, 0.5) is 0 Å². The summed E-state index contributed by atoms with van der Waals surface area (Å²) in [5.41, 5.74) is 0. The first kappa shape index (κ1) is 21.3. The second kappa shape index (κ2) is 10.4. The number of hydrogen-bond acceptors (Lipinski definition) is 6. The van der Waals surface area contributed by atoms with Gasteiger partial charge in [0.1, 0.15) is 5.75 Å². The van der Waals surface area contributed by atoms with Crippen LogP contribution in [0.2, 0.25) is 0 Å². The maximum atomic E-state index is 12.1. The Balaban J connectivity index is 1.37. The van der Waals surface area contributed by atoms with Crippen molar-refractivity contribution >= 4 is 27.7 Å². The Kier molecular flexibility index (Phi) is 7.62. The molecule has 0 spiro atoms. The molecule has 2 aromatic rings. The summed E-state index contributed by atoms with van der Waals surface area (Å²) in [5.74, 6) is 0.745. The lowest BCUT2D eigenvalue weighted by Crippen LogP contribution is -2.40. The Labute approximate surface area is 177 Å². The fourth-order valence-electron chi connectivity index (χ4n) is 3.23. The summed E-state index contributed by atoms with van der Waals surface area (Å²) < 4.78 is 11.6. The highest BCUT2D eigenvalue weighted by molar-refractivity contribution is 9.10. The minimum atomic E-state index is -0.658. The quantitative estimate of drug-likeness (QED) is 0.580. The number of nitrogens with one attached hydrogen (secondary N) is 2. The van der Waals surface area contributed by atoms with Gasteiger partial charge in [0.15, 0.2) is 11.9 Å². The predicted molar refractivity (Wildman–Crippen MR) is 110 cm³/mol. The molecular formula is C20H25BrN4O4. The van der Waals surface area contributed by atoms with Crippen molar-refractivity contribution in [1.29, 1.82) is 0 Å². The standard InChI is InChI=1S/C20H25BrN4O4/c1-13(28-16-9-5-8-15(21)12-16)18(26)22-10-11-23-19(27)20-24-17(25-29-20)14-6-3-2-4-7-14/h5,8-9,12-14H,2-4,6-7,10-11H2,1H3,(H,22,26)(H,23,27)/t13-/m0/s1. The minimum Gasteiger partial charge on any atom is -0.481 e. The average molecular weight is 465 g/mol. The van der Waals surface area contributed by atoms with E-state index in [2.05, 4.69) is 36.7 Å². The zero-order chi connectivity index (χ0) is 20.6. The molecule has 1 aromatic carbocycles. The Morgan fingerprint density at radius 2 is 2.00 bits per heavy atom. The third kappa shape index (κ3) is 6.28. The molecule has 1 atom stereocenters. The van der Waals surface area contributed by atoms with Gasteiger partial charge in [-0.1, -0.05) is 46.4 Å². The Hall–Kier alpha value is -2.42. The van der Waals surface area contributed by atoms with E-state index in [1.165, 1.54) is 6.42 Å². The Bertz CT molecular complexity index is 835. The van der Waals surface area contributed by atoms with Crippen LogP contribution >= 0.6 is 15.9 Å². The van der Waals surface area contributed by atoms with Gasteiger partial charge in [-0.05, 0) is 38.0 Å². The molecule has 0 aliphatic heterocycles. The monoisotopic (exact) mass is 464 g/mol. The van der Waals surface area contributed by atoms with Gasteiger partial charge in [0.25, 0.3) is 5.91 Å². The van der Waals surface area contributed by atoms with Gasteiger partial charge in [-0.25, -0.2) is 0 Å². The number of benzene rings is 1. The molecule has 8 nitrogen and oxygen atoms in total. The minimum absolute atomic E-state index is 0.0387. The molecule has 0 bridgehead atoms. The molecule has 156 valence electrons. The summed E-state index contributed by atoms with van der Waals surface area (Å²) in [4.78, 5) is 28.5. The van der Waals surface area contributed by atoms with Crippen LogP contribution in [0.25, 0.3) is 0 Å². The summed E-state index contributed by atoms with van der Waals surface area (Å²) in [5, 5.41) is 9.34. The maximum absolute atomic E-state index is 12.1. The van der Waals surface area contributed by atoms with E-state index < -0.39 is 12.0 Å². The number of aromatic nitrogens is 2. The summed E-state index contributed by atoms with van der Waals surface area (Å²) in [6.07, 6.45) is 4.96. The topological polar surface area (TPSA) is 106 Å². The SMILES string of the molecule is C[C@H](Oc1cccc(Br)c1)C(=O)NCCNC(=O)c1nc(C2CCCCC2)no1. The lowest BCUT2D eigenvalue weighted by molar-refractivity contribution is -0.127. The first-order valence-electron chi connectivity index (χ1n) is 9.84. The van der Waals surface area contributed by atoms with Crippen LogP contribution < -0.4 is 15.4 Å². The van der Waals surface area contributed by atoms with Crippen molar-refractivity contribution < 1.29 is 18.8 Å². The molecule has 29 heavy (non-hydrogen) atoms. The van der Waals surface area contributed by atoms with Crippen molar-refractivity contribution in [2.24, 2.45) is 0 Å². The van der Waals surface area contributed by atoms with E-state index in [0.717, 1.165) is 30.2 Å². The van der Waals surface area contributed by atoms with Gasteiger partial charge >= 0.3 is 11.8 Å². The van der Waals surface area contributed by atoms with Gasteiger partial charge in [-0.3, -0.25) is 9.59 Å². The third-order valence-corrected chi connectivity index (χ3v) is 5.29. The molecule has 1 fully saturated rings. The molecule has 1 saturated carbocycles. The van der Waals surface area contributed by atoms with Gasteiger partial charge in [0, 0.05) is 23.5 Å². The normalized spacial score (nSPS) is 15.5. The highest BCUT2D eigenvalue weighted by Gasteiger charge is 2.23. The zero-order valence-electron chi connectivity index (χ0n) is 16.3. The van der Waals surface area contributed by atoms with Gasteiger partial charge < -0.3 is 19.9 Å². The van der Waals surface area contributed by atoms with Crippen LogP contribution in [-0.2, 0) is 4.79 Å². The van der Waals surface area contributed by atoms with Crippen molar-refractivity contribution in [3.8, 4) is 5.75 Å². The molecule has 2 amide bonds. The first-order valence-corrected chi connectivity index (χ1v) is 10.6. The Morgan fingerprint density at radius 3 is 2.76 bits per heavy atom. The van der Waals surface area contributed by atoms with Gasteiger partial charge in [0.05, 0.1) is 0 Å². The van der Waals surface area contributed by atoms with Gasteiger partial charge in [-0.2, -0.15) is 4.98 Å². The summed E-state index contributed by atoms with van der Waals surface area (Å²) in [6.45, 7) is 2.18. The third-order valence-electron chi connectivity index (χ3n) is 4.79. The van der Waals surface area contributed by atoms with E-state index in [-0.39, 0.29) is 30.8 Å². The van der Waals surface area contributed by atoms with E-state index in [0.29, 0.717) is 11.6 Å².